The van der Waals surface area contributed by atoms with E-state index in [2.05, 4.69) is 4.90 Å². The van der Waals surface area contributed by atoms with Crippen molar-refractivity contribution in [3.63, 3.8) is 0 Å². The summed E-state index contributed by atoms with van der Waals surface area (Å²) in [6, 6.07) is 12.9. The molecule has 4 aliphatic rings. The summed E-state index contributed by atoms with van der Waals surface area (Å²) in [5.74, 6) is -1.84. The Kier molecular flexibility index (Phi) is 4.15. The minimum Gasteiger partial charge on any atom is -0.310 e. The van der Waals surface area contributed by atoms with Gasteiger partial charge in [-0.1, -0.05) is 35.9 Å². The van der Waals surface area contributed by atoms with E-state index >= 15 is 0 Å². The van der Waals surface area contributed by atoms with Gasteiger partial charge in [-0.15, -0.1) is 0 Å². The lowest BCUT2D eigenvalue weighted by molar-refractivity contribution is -0.137. The monoisotopic (exact) mass is 449 g/mol. The number of carbonyl (C=O) groups is 3. The van der Waals surface area contributed by atoms with Crippen molar-refractivity contribution in [3.8, 4) is 0 Å². The topological polar surface area (TPSA) is 60.9 Å². The van der Waals surface area contributed by atoms with Crippen LogP contribution in [-0.4, -0.2) is 41.8 Å². The van der Waals surface area contributed by atoms with Gasteiger partial charge >= 0.3 is 0 Å². The second-order valence-electron chi connectivity index (χ2n) is 9.18. The number of fused-ring (bicyclic) bond motifs is 7. The zero-order chi connectivity index (χ0) is 22.4. The minimum absolute atomic E-state index is 0.0774. The Bertz CT molecular complexity index is 1200. The third kappa shape index (κ3) is 2.17. The zero-order valence-corrected chi connectivity index (χ0v) is 18.8. The van der Waals surface area contributed by atoms with Crippen LogP contribution in [0.15, 0.2) is 42.5 Å². The van der Waals surface area contributed by atoms with E-state index < -0.39 is 17.4 Å². The number of halogens is 1. The average Bonchev–Trinajstić information content (AvgIpc) is 3.48. The third-order valence-corrected chi connectivity index (χ3v) is 8.11. The lowest BCUT2D eigenvalue weighted by atomic mass is 9.75. The minimum atomic E-state index is -1.12. The molecule has 1 spiro atoms. The van der Waals surface area contributed by atoms with Crippen LogP contribution in [0.4, 0.5) is 11.4 Å². The largest absolute Gasteiger partial charge is 0.310 e. The fraction of sp³-hybridized carbons (Fsp3) is 0.400. The van der Waals surface area contributed by atoms with Crippen LogP contribution in [0.5, 0.6) is 0 Å². The Labute approximate surface area is 191 Å². The molecular formula is C25H24ClN3O3. The van der Waals surface area contributed by atoms with Gasteiger partial charge in [0.1, 0.15) is 5.54 Å². The number of benzene rings is 2. The Morgan fingerprint density at radius 2 is 1.84 bits per heavy atom. The molecule has 0 aliphatic carbocycles. The molecule has 0 radical (unpaired) electrons. The first kappa shape index (κ1) is 19.9. The van der Waals surface area contributed by atoms with Gasteiger partial charge in [0.25, 0.3) is 5.91 Å². The van der Waals surface area contributed by atoms with E-state index in [-0.39, 0.29) is 23.8 Å². The molecule has 2 aromatic carbocycles. The van der Waals surface area contributed by atoms with Crippen LogP contribution in [0.25, 0.3) is 0 Å². The number of likely N-dealkylation sites (N-methyl/N-ethyl adjacent to an activating group) is 1. The van der Waals surface area contributed by atoms with Gasteiger partial charge < -0.3 is 4.90 Å². The SMILES string of the molecule is CCN1C(=O)[C@@]2(c3ccccc31)[C@@H]1C(=O)N(c3cc(Cl)ccc3C)C(=O)[C@@H]1[C@@H]1CCCN12. The summed E-state index contributed by atoms with van der Waals surface area (Å²) >= 11 is 6.23. The maximum absolute atomic E-state index is 14.1. The predicted octanol–water partition coefficient (Wildman–Crippen LogP) is 3.49. The molecule has 6 rings (SSSR count). The van der Waals surface area contributed by atoms with E-state index in [9.17, 15) is 14.4 Å². The standard InChI is InChI=1S/C25H24ClN3O3/c1-3-27-17-8-5-4-7-16(17)25(24(27)32)21-20(18-9-6-12-28(18)25)22(30)29(23(21)31)19-13-15(26)11-10-14(19)2/h4-5,7-8,10-11,13,18,20-21H,3,6,9,12H2,1-2H3/t18-,20+,21-,25+/m0/s1. The lowest BCUT2D eigenvalue weighted by Crippen LogP contribution is -2.56. The van der Waals surface area contributed by atoms with Crippen molar-refractivity contribution in [2.24, 2.45) is 11.8 Å². The molecule has 4 heterocycles. The van der Waals surface area contributed by atoms with Crippen molar-refractivity contribution in [3.05, 3.63) is 58.6 Å². The van der Waals surface area contributed by atoms with Gasteiger partial charge in [0.2, 0.25) is 11.8 Å². The van der Waals surface area contributed by atoms with E-state index in [1.54, 1.807) is 17.0 Å². The van der Waals surface area contributed by atoms with Gasteiger partial charge in [-0.25, -0.2) is 4.90 Å². The van der Waals surface area contributed by atoms with Crippen molar-refractivity contribution < 1.29 is 14.4 Å². The highest BCUT2D eigenvalue weighted by Gasteiger charge is 2.75. The molecular weight excluding hydrogens is 426 g/mol. The molecule has 2 aromatic rings. The number of aryl methyl sites for hydroxylation is 1. The Balaban J connectivity index is 1.58. The normalized spacial score (nSPS) is 31.1. The highest BCUT2D eigenvalue weighted by Crippen LogP contribution is 2.61. The molecule has 0 N–H and O–H groups in total. The van der Waals surface area contributed by atoms with Crippen molar-refractivity contribution in [1.29, 1.82) is 0 Å². The quantitative estimate of drug-likeness (QED) is 0.658. The second kappa shape index (κ2) is 6.65. The molecule has 4 aliphatic heterocycles. The first-order valence-corrected chi connectivity index (χ1v) is 11.6. The number of imide groups is 1. The smallest absolute Gasteiger partial charge is 0.253 e. The highest BCUT2D eigenvalue weighted by molar-refractivity contribution is 6.32. The summed E-state index contributed by atoms with van der Waals surface area (Å²) in [7, 11) is 0. The predicted molar refractivity (Wildman–Crippen MR) is 122 cm³/mol. The average molecular weight is 450 g/mol. The van der Waals surface area contributed by atoms with Crippen LogP contribution < -0.4 is 9.80 Å². The molecule has 0 unspecified atom stereocenters. The van der Waals surface area contributed by atoms with Crippen molar-refractivity contribution in [2.45, 2.75) is 38.3 Å². The summed E-state index contributed by atoms with van der Waals surface area (Å²) in [6.45, 7) is 5.05. The van der Waals surface area contributed by atoms with E-state index in [0.29, 0.717) is 23.8 Å². The number of rotatable bonds is 2. The van der Waals surface area contributed by atoms with Crippen LogP contribution in [0.3, 0.4) is 0 Å². The fourth-order valence-electron chi connectivity index (χ4n) is 6.72. The molecule has 32 heavy (non-hydrogen) atoms. The van der Waals surface area contributed by atoms with Crippen molar-refractivity contribution in [1.82, 2.24) is 4.90 Å². The number of nitrogens with zero attached hydrogens (tertiary/aromatic N) is 3. The Hall–Kier alpha value is -2.70. The van der Waals surface area contributed by atoms with Gasteiger partial charge in [0.05, 0.1) is 17.5 Å². The van der Waals surface area contributed by atoms with E-state index in [1.165, 1.54) is 4.90 Å². The number of amides is 3. The van der Waals surface area contributed by atoms with Crippen LogP contribution in [0.2, 0.25) is 5.02 Å². The molecule has 3 saturated heterocycles. The number of hydrogen-bond donors (Lipinski definition) is 0. The van der Waals surface area contributed by atoms with Crippen LogP contribution >= 0.6 is 11.6 Å². The molecule has 6 nitrogen and oxygen atoms in total. The molecule has 3 fully saturated rings. The van der Waals surface area contributed by atoms with Gasteiger partial charge in [0.15, 0.2) is 0 Å². The summed E-state index contributed by atoms with van der Waals surface area (Å²) in [4.78, 5) is 47.3. The van der Waals surface area contributed by atoms with Crippen molar-refractivity contribution >= 4 is 40.7 Å². The summed E-state index contributed by atoms with van der Waals surface area (Å²) in [6.07, 6.45) is 1.72. The second-order valence-corrected chi connectivity index (χ2v) is 9.62. The molecule has 0 saturated carbocycles. The molecule has 0 bridgehead atoms. The highest BCUT2D eigenvalue weighted by atomic mass is 35.5. The molecule has 164 valence electrons. The van der Waals surface area contributed by atoms with E-state index in [0.717, 1.165) is 29.7 Å². The Morgan fingerprint density at radius 3 is 2.62 bits per heavy atom. The van der Waals surface area contributed by atoms with Crippen LogP contribution in [0.1, 0.15) is 30.9 Å². The van der Waals surface area contributed by atoms with Crippen molar-refractivity contribution in [2.75, 3.05) is 22.9 Å². The van der Waals surface area contributed by atoms with Crippen LogP contribution in [0, 0.1) is 18.8 Å². The molecule has 3 amide bonds. The van der Waals surface area contributed by atoms with Gasteiger partial charge in [-0.05, 0) is 57.0 Å². The molecule has 0 aromatic heterocycles. The van der Waals surface area contributed by atoms with Gasteiger partial charge in [-0.2, -0.15) is 0 Å². The maximum Gasteiger partial charge on any atom is 0.253 e. The third-order valence-electron chi connectivity index (χ3n) is 7.87. The number of carbonyl (C=O) groups excluding carboxylic acids is 3. The molecule has 7 heteroatoms. The van der Waals surface area contributed by atoms with Gasteiger partial charge in [0, 0.05) is 28.9 Å². The number of anilines is 2. The van der Waals surface area contributed by atoms with E-state index in [1.807, 2.05) is 44.2 Å². The zero-order valence-electron chi connectivity index (χ0n) is 18.0. The first-order valence-electron chi connectivity index (χ1n) is 11.2. The summed E-state index contributed by atoms with van der Waals surface area (Å²) in [5, 5.41) is 0.472. The number of para-hydroxylation sites is 1. The maximum atomic E-state index is 14.1. The summed E-state index contributed by atoms with van der Waals surface area (Å²) < 4.78 is 0. The Morgan fingerprint density at radius 1 is 1.06 bits per heavy atom. The molecule has 4 atom stereocenters. The van der Waals surface area contributed by atoms with Crippen LogP contribution in [-0.2, 0) is 19.9 Å². The first-order chi connectivity index (χ1) is 15.4. The summed E-state index contributed by atoms with van der Waals surface area (Å²) in [5.41, 5.74) is 1.92. The number of hydrogen-bond acceptors (Lipinski definition) is 4. The fourth-order valence-corrected chi connectivity index (χ4v) is 6.88. The lowest BCUT2D eigenvalue weighted by Gasteiger charge is -2.37. The van der Waals surface area contributed by atoms with E-state index in [4.69, 9.17) is 11.6 Å². The van der Waals surface area contributed by atoms with Gasteiger partial charge in [-0.3, -0.25) is 19.3 Å².